The van der Waals surface area contributed by atoms with Gasteiger partial charge in [0, 0.05) is 24.5 Å². The minimum Gasteiger partial charge on any atom is -0.481 e. The number of carbonyl (C=O) groups is 2. The highest BCUT2D eigenvalue weighted by molar-refractivity contribution is 6.06. The van der Waals surface area contributed by atoms with Crippen molar-refractivity contribution in [1.82, 2.24) is 9.88 Å². The van der Waals surface area contributed by atoms with Crippen LogP contribution < -0.4 is 10.9 Å². The van der Waals surface area contributed by atoms with E-state index in [9.17, 15) is 19.5 Å². The van der Waals surface area contributed by atoms with E-state index in [1.165, 1.54) is 10.6 Å². The molecule has 2 aromatic rings. The molecule has 1 aliphatic rings. The highest BCUT2D eigenvalue weighted by Crippen LogP contribution is 2.25. The molecule has 6 heteroatoms. The quantitative estimate of drug-likeness (QED) is 0.838. The van der Waals surface area contributed by atoms with E-state index in [0.29, 0.717) is 29.3 Å². The summed E-state index contributed by atoms with van der Waals surface area (Å²) in [6, 6.07) is 8.13. The minimum atomic E-state index is -0.874. The fourth-order valence-electron chi connectivity index (χ4n) is 3.62. The lowest BCUT2D eigenvalue weighted by Gasteiger charge is -2.23. The van der Waals surface area contributed by atoms with E-state index in [2.05, 4.69) is 5.32 Å². The Morgan fingerprint density at radius 2 is 1.88 bits per heavy atom. The highest BCUT2D eigenvalue weighted by atomic mass is 16.4. The van der Waals surface area contributed by atoms with Crippen molar-refractivity contribution in [2.24, 2.45) is 13.0 Å². The first-order chi connectivity index (χ1) is 12.0. The molecule has 2 N–H and O–H groups in total. The van der Waals surface area contributed by atoms with Crippen LogP contribution in [0.15, 0.2) is 35.1 Å². The molecule has 0 aliphatic heterocycles. The molecule has 1 saturated carbocycles. The second kappa shape index (κ2) is 7.09. The summed E-state index contributed by atoms with van der Waals surface area (Å²) in [5.41, 5.74) is 0.711. The van der Waals surface area contributed by atoms with Gasteiger partial charge in [-0.05, 0) is 18.9 Å². The van der Waals surface area contributed by atoms with Crippen molar-refractivity contribution >= 4 is 22.8 Å². The molecule has 1 fully saturated rings. The van der Waals surface area contributed by atoms with Crippen molar-refractivity contribution in [2.45, 2.75) is 38.1 Å². The van der Waals surface area contributed by atoms with Gasteiger partial charge in [-0.15, -0.1) is 0 Å². The predicted octanol–water partition coefficient (Wildman–Crippen LogP) is 2.30. The van der Waals surface area contributed by atoms with Crippen LogP contribution in [0.25, 0.3) is 10.9 Å². The number of carboxylic acids is 1. The van der Waals surface area contributed by atoms with Gasteiger partial charge in [0.15, 0.2) is 0 Å². The lowest BCUT2D eigenvalue weighted by Crippen LogP contribution is -2.43. The van der Waals surface area contributed by atoms with E-state index in [1.54, 1.807) is 19.2 Å². The Kier molecular flexibility index (Phi) is 4.88. The number of aliphatic carboxylic acids is 1. The smallest absolute Gasteiger partial charge is 0.308 e. The van der Waals surface area contributed by atoms with Crippen molar-refractivity contribution < 1.29 is 14.7 Å². The molecular formula is C19H22N2O4. The SMILES string of the molecule is Cn1c(=O)cc(C(=O)N[C@H]2CCCCC[C@H]2C(=O)O)c2ccccc21. The summed E-state index contributed by atoms with van der Waals surface area (Å²) in [4.78, 5) is 36.5. The van der Waals surface area contributed by atoms with Crippen LogP contribution in [0.4, 0.5) is 0 Å². The zero-order chi connectivity index (χ0) is 18.0. The molecule has 1 aromatic carbocycles. The number of carbonyl (C=O) groups excluding carboxylic acids is 1. The number of hydrogen-bond acceptors (Lipinski definition) is 3. The molecule has 0 saturated heterocycles. The maximum absolute atomic E-state index is 12.8. The van der Waals surface area contributed by atoms with Crippen LogP contribution in [0, 0.1) is 5.92 Å². The van der Waals surface area contributed by atoms with Crippen molar-refractivity contribution in [1.29, 1.82) is 0 Å². The topological polar surface area (TPSA) is 88.4 Å². The first kappa shape index (κ1) is 17.2. The molecule has 0 bridgehead atoms. The lowest BCUT2D eigenvalue weighted by molar-refractivity contribution is -0.142. The Bertz CT molecular complexity index is 871. The number of pyridine rings is 1. The van der Waals surface area contributed by atoms with Crippen LogP contribution >= 0.6 is 0 Å². The second-order valence-corrected chi connectivity index (χ2v) is 6.64. The predicted molar refractivity (Wildman–Crippen MR) is 94.7 cm³/mol. The molecule has 1 aliphatic carbocycles. The summed E-state index contributed by atoms with van der Waals surface area (Å²) in [6.07, 6.45) is 3.94. The lowest BCUT2D eigenvalue weighted by atomic mass is 9.94. The van der Waals surface area contributed by atoms with Crippen LogP contribution in [-0.2, 0) is 11.8 Å². The van der Waals surface area contributed by atoms with Gasteiger partial charge in [0.1, 0.15) is 0 Å². The molecule has 1 amide bonds. The molecule has 0 spiro atoms. The van der Waals surface area contributed by atoms with Gasteiger partial charge >= 0.3 is 5.97 Å². The Hall–Kier alpha value is -2.63. The van der Waals surface area contributed by atoms with Crippen LogP contribution in [-0.4, -0.2) is 27.6 Å². The standard InChI is InChI=1S/C19H22N2O4/c1-21-16-10-6-5-7-12(16)14(11-17(21)22)18(23)20-15-9-4-2-3-8-13(15)19(24)25/h5-7,10-11,13,15H,2-4,8-9H2,1H3,(H,20,23)(H,24,25)/t13-,15+/m1/s1. The fourth-order valence-corrected chi connectivity index (χ4v) is 3.62. The van der Waals surface area contributed by atoms with Gasteiger partial charge in [0.05, 0.1) is 17.0 Å². The van der Waals surface area contributed by atoms with Gasteiger partial charge < -0.3 is 15.0 Å². The summed E-state index contributed by atoms with van der Waals surface area (Å²) >= 11 is 0. The zero-order valence-corrected chi connectivity index (χ0v) is 14.2. The molecule has 25 heavy (non-hydrogen) atoms. The molecule has 0 unspecified atom stereocenters. The molecule has 1 aromatic heterocycles. The van der Waals surface area contributed by atoms with E-state index < -0.39 is 17.9 Å². The number of amides is 1. The summed E-state index contributed by atoms with van der Waals surface area (Å²) in [5.74, 6) is -1.84. The Morgan fingerprint density at radius 1 is 1.16 bits per heavy atom. The van der Waals surface area contributed by atoms with E-state index in [4.69, 9.17) is 0 Å². The van der Waals surface area contributed by atoms with E-state index in [0.717, 1.165) is 19.3 Å². The Morgan fingerprint density at radius 3 is 2.64 bits per heavy atom. The van der Waals surface area contributed by atoms with Gasteiger partial charge in [-0.2, -0.15) is 0 Å². The summed E-state index contributed by atoms with van der Waals surface area (Å²) in [6.45, 7) is 0. The number of fused-ring (bicyclic) bond motifs is 1. The Balaban J connectivity index is 1.95. The van der Waals surface area contributed by atoms with Crippen LogP contribution in [0.3, 0.4) is 0 Å². The zero-order valence-electron chi connectivity index (χ0n) is 14.2. The maximum Gasteiger partial charge on any atom is 0.308 e. The van der Waals surface area contributed by atoms with Gasteiger partial charge in [-0.3, -0.25) is 14.4 Å². The van der Waals surface area contributed by atoms with Crippen LogP contribution in [0.5, 0.6) is 0 Å². The molecule has 132 valence electrons. The van der Waals surface area contributed by atoms with Crippen molar-refractivity contribution in [3.05, 3.63) is 46.2 Å². The third kappa shape index (κ3) is 3.43. The van der Waals surface area contributed by atoms with Gasteiger partial charge in [-0.25, -0.2) is 0 Å². The molecule has 1 heterocycles. The van der Waals surface area contributed by atoms with Crippen molar-refractivity contribution in [3.63, 3.8) is 0 Å². The number of carboxylic acid groups (broad SMARTS) is 1. The van der Waals surface area contributed by atoms with Crippen molar-refractivity contribution in [3.8, 4) is 0 Å². The van der Waals surface area contributed by atoms with Crippen molar-refractivity contribution in [2.75, 3.05) is 0 Å². The number of nitrogens with one attached hydrogen (secondary N) is 1. The first-order valence-corrected chi connectivity index (χ1v) is 8.61. The van der Waals surface area contributed by atoms with Gasteiger partial charge in [0.25, 0.3) is 11.5 Å². The summed E-state index contributed by atoms with van der Waals surface area (Å²) in [5, 5.41) is 13.0. The number of aromatic nitrogens is 1. The largest absolute Gasteiger partial charge is 0.481 e. The monoisotopic (exact) mass is 342 g/mol. The third-order valence-corrected chi connectivity index (χ3v) is 5.05. The molecule has 6 nitrogen and oxygen atoms in total. The maximum atomic E-state index is 12.8. The number of aryl methyl sites for hydroxylation is 1. The van der Waals surface area contributed by atoms with E-state index >= 15 is 0 Å². The fraction of sp³-hybridized carbons (Fsp3) is 0.421. The number of rotatable bonds is 3. The normalized spacial score (nSPS) is 20.8. The second-order valence-electron chi connectivity index (χ2n) is 6.64. The third-order valence-electron chi connectivity index (χ3n) is 5.05. The number of benzene rings is 1. The average Bonchev–Trinajstić information content (AvgIpc) is 2.83. The first-order valence-electron chi connectivity index (χ1n) is 8.61. The molecule has 2 atom stereocenters. The Labute approximate surface area is 145 Å². The molecular weight excluding hydrogens is 320 g/mol. The number of nitrogens with zero attached hydrogens (tertiary/aromatic N) is 1. The molecule has 0 radical (unpaired) electrons. The number of hydrogen-bond donors (Lipinski definition) is 2. The number of para-hydroxylation sites is 1. The van der Waals surface area contributed by atoms with Gasteiger partial charge in [-0.1, -0.05) is 37.5 Å². The highest BCUT2D eigenvalue weighted by Gasteiger charge is 2.31. The van der Waals surface area contributed by atoms with Crippen LogP contribution in [0.1, 0.15) is 42.5 Å². The van der Waals surface area contributed by atoms with Gasteiger partial charge in [0.2, 0.25) is 0 Å². The summed E-state index contributed by atoms with van der Waals surface area (Å²) < 4.78 is 1.50. The van der Waals surface area contributed by atoms with E-state index in [1.807, 2.05) is 12.1 Å². The van der Waals surface area contributed by atoms with E-state index in [-0.39, 0.29) is 11.5 Å². The van der Waals surface area contributed by atoms with Crippen LogP contribution in [0.2, 0.25) is 0 Å². The average molecular weight is 342 g/mol. The minimum absolute atomic E-state index is 0.264. The molecule has 3 rings (SSSR count). The summed E-state index contributed by atoms with van der Waals surface area (Å²) in [7, 11) is 1.66.